The number of anilines is 2. The molecule has 0 heterocycles. The summed E-state index contributed by atoms with van der Waals surface area (Å²) in [6, 6.07) is 26.6. The fraction of sp³-hybridized carbons (Fsp3) is 0.200. The normalized spacial score (nSPS) is 11.4. The summed E-state index contributed by atoms with van der Waals surface area (Å²) in [6.45, 7) is 2.18. The van der Waals surface area contributed by atoms with Crippen molar-refractivity contribution in [1.29, 1.82) is 0 Å². The molecule has 0 saturated heterocycles. The standard InChI is InChI=1S/C25H27N3O2/c1-3-23(19-11-6-4-7-12-19)27-24(29)18-26-21-14-10-13-20(17-21)25(30)28(2)22-15-8-5-9-16-22/h4-17,23,26H,3,18H2,1-2H3,(H,27,29). The molecule has 3 aromatic rings. The first kappa shape index (κ1) is 21.1. The monoisotopic (exact) mass is 401 g/mol. The van der Waals surface area contributed by atoms with Crippen LogP contribution >= 0.6 is 0 Å². The van der Waals surface area contributed by atoms with Crippen molar-refractivity contribution >= 4 is 23.2 Å². The Balaban J connectivity index is 1.60. The van der Waals surface area contributed by atoms with E-state index in [1.165, 1.54) is 0 Å². The molecule has 0 aromatic heterocycles. The molecule has 30 heavy (non-hydrogen) atoms. The molecule has 1 atom stereocenters. The van der Waals surface area contributed by atoms with Crippen molar-refractivity contribution in [3.63, 3.8) is 0 Å². The van der Waals surface area contributed by atoms with Gasteiger partial charge in [-0.15, -0.1) is 0 Å². The molecule has 5 heteroatoms. The van der Waals surface area contributed by atoms with Crippen LogP contribution in [0.15, 0.2) is 84.9 Å². The number of amides is 2. The first-order valence-corrected chi connectivity index (χ1v) is 10.1. The number of hydrogen-bond acceptors (Lipinski definition) is 3. The molecule has 3 rings (SSSR count). The number of rotatable bonds is 8. The number of nitrogens with zero attached hydrogens (tertiary/aromatic N) is 1. The van der Waals surface area contributed by atoms with Gasteiger partial charge >= 0.3 is 0 Å². The van der Waals surface area contributed by atoms with E-state index in [-0.39, 0.29) is 24.4 Å². The van der Waals surface area contributed by atoms with Crippen molar-refractivity contribution in [3.05, 3.63) is 96.1 Å². The number of hydrogen-bond donors (Lipinski definition) is 2. The molecule has 154 valence electrons. The zero-order chi connectivity index (χ0) is 21.3. The zero-order valence-electron chi connectivity index (χ0n) is 17.3. The second-order valence-electron chi connectivity index (χ2n) is 7.07. The highest BCUT2D eigenvalue weighted by atomic mass is 16.2. The molecule has 0 radical (unpaired) electrons. The lowest BCUT2D eigenvalue weighted by Gasteiger charge is -2.19. The van der Waals surface area contributed by atoms with Gasteiger partial charge in [0, 0.05) is 24.0 Å². The van der Waals surface area contributed by atoms with Gasteiger partial charge in [0.2, 0.25) is 5.91 Å². The van der Waals surface area contributed by atoms with Crippen LogP contribution in [0.1, 0.15) is 35.3 Å². The molecule has 3 aromatic carbocycles. The highest BCUT2D eigenvalue weighted by Crippen LogP contribution is 2.18. The SMILES string of the molecule is CCC(NC(=O)CNc1cccc(C(=O)N(C)c2ccccc2)c1)c1ccccc1. The lowest BCUT2D eigenvalue weighted by molar-refractivity contribution is -0.120. The molecule has 0 saturated carbocycles. The minimum absolute atomic E-state index is 0.0204. The summed E-state index contributed by atoms with van der Waals surface area (Å²) in [5, 5.41) is 6.17. The van der Waals surface area contributed by atoms with E-state index in [0.717, 1.165) is 23.4 Å². The Bertz CT molecular complexity index is 974. The van der Waals surface area contributed by atoms with Crippen LogP contribution in [0.25, 0.3) is 0 Å². The van der Waals surface area contributed by atoms with Crippen LogP contribution in [0, 0.1) is 0 Å². The maximum Gasteiger partial charge on any atom is 0.258 e. The second kappa shape index (κ2) is 10.3. The van der Waals surface area contributed by atoms with E-state index in [1.54, 1.807) is 24.1 Å². The Morgan fingerprint density at radius 1 is 0.900 bits per heavy atom. The van der Waals surface area contributed by atoms with Gasteiger partial charge in [-0.05, 0) is 42.3 Å². The fourth-order valence-corrected chi connectivity index (χ4v) is 3.26. The van der Waals surface area contributed by atoms with Crippen molar-refractivity contribution in [2.24, 2.45) is 0 Å². The van der Waals surface area contributed by atoms with Crippen molar-refractivity contribution in [2.45, 2.75) is 19.4 Å². The largest absolute Gasteiger partial charge is 0.376 e. The molecule has 0 aliphatic heterocycles. The summed E-state index contributed by atoms with van der Waals surface area (Å²) in [5.41, 5.74) is 3.20. The average Bonchev–Trinajstić information content (AvgIpc) is 2.81. The van der Waals surface area contributed by atoms with E-state index in [4.69, 9.17) is 0 Å². The van der Waals surface area contributed by atoms with Gasteiger partial charge in [-0.25, -0.2) is 0 Å². The van der Waals surface area contributed by atoms with Gasteiger partial charge < -0.3 is 15.5 Å². The number of nitrogens with one attached hydrogen (secondary N) is 2. The van der Waals surface area contributed by atoms with Gasteiger partial charge in [0.25, 0.3) is 5.91 Å². The van der Waals surface area contributed by atoms with E-state index in [1.807, 2.05) is 79.7 Å². The van der Waals surface area contributed by atoms with Gasteiger partial charge in [0.1, 0.15) is 0 Å². The Morgan fingerprint density at radius 2 is 1.57 bits per heavy atom. The molecule has 5 nitrogen and oxygen atoms in total. The lowest BCUT2D eigenvalue weighted by Crippen LogP contribution is -2.33. The molecule has 0 bridgehead atoms. The first-order valence-electron chi connectivity index (χ1n) is 10.1. The Kier molecular flexibility index (Phi) is 7.22. The highest BCUT2D eigenvalue weighted by molar-refractivity contribution is 6.06. The van der Waals surface area contributed by atoms with Crippen LogP contribution in [0.5, 0.6) is 0 Å². The van der Waals surface area contributed by atoms with Gasteiger partial charge in [-0.3, -0.25) is 9.59 Å². The maximum atomic E-state index is 12.8. The summed E-state index contributed by atoms with van der Waals surface area (Å²) in [4.78, 5) is 26.8. The topological polar surface area (TPSA) is 61.4 Å². The molecular weight excluding hydrogens is 374 g/mol. The van der Waals surface area contributed by atoms with Gasteiger partial charge in [-0.2, -0.15) is 0 Å². The summed E-state index contributed by atoms with van der Waals surface area (Å²) in [5.74, 6) is -0.201. The second-order valence-corrected chi connectivity index (χ2v) is 7.07. The molecule has 0 aliphatic carbocycles. The van der Waals surface area contributed by atoms with E-state index >= 15 is 0 Å². The van der Waals surface area contributed by atoms with E-state index < -0.39 is 0 Å². The van der Waals surface area contributed by atoms with Gasteiger partial charge in [0.15, 0.2) is 0 Å². The van der Waals surface area contributed by atoms with Crippen LogP contribution in [0.2, 0.25) is 0 Å². The fourth-order valence-electron chi connectivity index (χ4n) is 3.26. The van der Waals surface area contributed by atoms with E-state index in [9.17, 15) is 9.59 Å². The van der Waals surface area contributed by atoms with Crippen LogP contribution in [0.3, 0.4) is 0 Å². The maximum absolute atomic E-state index is 12.8. The molecular formula is C25H27N3O2. The number of carbonyl (C=O) groups is 2. The third kappa shape index (κ3) is 5.47. The predicted molar refractivity (Wildman–Crippen MR) is 122 cm³/mol. The Labute approximate surface area is 177 Å². The predicted octanol–water partition coefficient (Wildman–Crippen LogP) is 4.64. The zero-order valence-corrected chi connectivity index (χ0v) is 17.3. The van der Waals surface area contributed by atoms with E-state index in [0.29, 0.717) is 5.56 Å². The number of benzene rings is 3. The molecule has 2 N–H and O–H groups in total. The molecule has 1 unspecified atom stereocenters. The average molecular weight is 402 g/mol. The van der Waals surface area contributed by atoms with Crippen molar-refractivity contribution in [1.82, 2.24) is 5.32 Å². The highest BCUT2D eigenvalue weighted by Gasteiger charge is 2.15. The van der Waals surface area contributed by atoms with Crippen LogP contribution < -0.4 is 15.5 Å². The smallest absolute Gasteiger partial charge is 0.258 e. The summed E-state index contributed by atoms with van der Waals surface area (Å²) < 4.78 is 0. The third-order valence-electron chi connectivity index (χ3n) is 4.96. The van der Waals surface area contributed by atoms with Crippen molar-refractivity contribution < 1.29 is 9.59 Å². The molecule has 2 amide bonds. The minimum atomic E-state index is -0.107. The van der Waals surface area contributed by atoms with Crippen molar-refractivity contribution in [3.8, 4) is 0 Å². The van der Waals surface area contributed by atoms with Gasteiger partial charge in [0.05, 0.1) is 12.6 Å². The van der Waals surface area contributed by atoms with Crippen molar-refractivity contribution in [2.75, 3.05) is 23.8 Å². The Morgan fingerprint density at radius 3 is 2.23 bits per heavy atom. The van der Waals surface area contributed by atoms with E-state index in [2.05, 4.69) is 10.6 Å². The molecule has 0 spiro atoms. The summed E-state index contributed by atoms with van der Waals surface area (Å²) in [7, 11) is 1.75. The number of para-hydroxylation sites is 1. The molecule has 0 fully saturated rings. The number of carbonyl (C=O) groups excluding carboxylic acids is 2. The minimum Gasteiger partial charge on any atom is -0.376 e. The quantitative estimate of drug-likeness (QED) is 0.578. The van der Waals surface area contributed by atoms with Gasteiger partial charge in [-0.1, -0.05) is 61.5 Å². The first-order chi connectivity index (χ1) is 14.6. The van der Waals surface area contributed by atoms with Crippen LogP contribution in [-0.2, 0) is 4.79 Å². The Hall–Kier alpha value is -3.60. The summed E-state index contributed by atoms with van der Waals surface area (Å²) >= 11 is 0. The lowest BCUT2D eigenvalue weighted by atomic mass is 10.0. The third-order valence-corrected chi connectivity index (χ3v) is 4.96. The molecule has 0 aliphatic rings. The summed E-state index contributed by atoms with van der Waals surface area (Å²) in [6.07, 6.45) is 0.811. The van der Waals surface area contributed by atoms with Crippen LogP contribution in [0.4, 0.5) is 11.4 Å². The van der Waals surface area contributed by atoms with Crippen LogP contribution in [-0.4, -0.2) is 25.4 Å².